The number of cyclic esters (lactones) is 1. The Morgan fingerprint density at radius 1 is 1.06 bits per heavy atom. The molecule has 0 amide bonds. The van der Waals surface area contributed by atoms with E-state index in [0.717, 1.165) is 40.8 Å². The average Bonchev–Trinajstić information content (AvgIpc) is 3.48. The molecule has 1 fully saturated rings. The van der Waals surface area contributed by atoms with E-state index in [9.17, 15) is 14.7 Å². The van der Waals surface area contributed by atoms with E-state index < -0.39 is 11.6 Å². The van der Waals surface area contributed by atoms with Gasteiger partial charge < -0.3 is 23.9 Å². The van der Waals surface area contributed by atoms with Crippen molar-refractivity contribution in [2.75, 3.05) is 6.79 Å². The number of ether oxygens (including phenoxy) is 3. The largest absolute Gasteiger partial charge is 0.458 e. The van der Waals surface area contributed by atoms with Gasteiger partial charge in [0, 0.05) is 22.6 Å². The van der Waals surface area contributed by atoms with Crippen LogP contribution in [0.25, 0.3) is 22.3 Å². The van der Waals surface area contributed by atoms with Crippen molar-refractivity contribution in [2.45, 2.75) is 70.1 Å². The van der Waals surface area contributed by atoms with Crippen LogP contribution in [0.15, 0.2) is 23.0 Å². The number of hydrogen-bond acceptors (Lipinski definition) is 7. The molecule has 8 nitrogen and oxygen atoms in total. The van der Waals surface area contributed by atoms with Crippen LogP contribution in [-0.4, -0.2) is 27.4 Å². The Kier molecular flexibility index (Phi) is 4.37. The van der Waals surface area contributed by atoms with Gasteiger partial charge in [0.1, 0.15) is 6.61 Å². The standard InChI is InChI=1S/C27H26N2O6/c1-2-27(32)18-9-20-24-16(11-29(20)25(30)17(18)12-33-26(27)31)23(14-6-4-3-5-7-14)15-8-21-22(35-13-34-21)10-19(15)28-24/h8-10,14,32H,2-7,11-13H2,1H3/t27-/m0/s1. The van der Waals surface area contributed by atoms with E-state index in [0.29, 0.717) is 35.0 Å². The highest BCUT2D eigenvalue weighted by Gasteiger charge is 2.45. The van der Waals surface area contributed by atoms with Gasteiger partial charge in [0.05, 0.1) is 29.0 Å². The minimum absolute atomic E-state index is 0.122. The number of nitrogens with zero attached hydrogens (tertiary/aromatic N) is 2. The molecule has 1 saturated carbocycles. The topological polar surface area (TPSA) is 99.9 Å². The van der Waals surface area contributed by atoms with Gasteiger partial charge in [-0.3, -0.25) is 4.79 Å². The molecule has 0 spiro atoms. The monoisotopic (exact) mass is 474 g/mol. The molecule has 4 aliphatic rings. The molecule has 3 aliphatic heterocycles. The average molecular weight is 475 g/mol. The lowest BCUT2D eigenvalue weighted by atomic mass is 9.80. The van der Waals surface area contributed by atoms with E-state index in [2.05, 4.69) is 0 Å². The van der Waals surface area contributed by atoms with Gasteiger partial charge in [-0.2, -0.15) is 0 Å². The fourth-order valence-corrected chi connectivity index (χ4v) is 6.36. The molecule has 8 heteroatoms. The van der Waals surface area contributed by atoms with Crippen molar-refractivity contribution >= 4 is 16.9 Å². The number of esters is 1. The highest BCUT2D eigenvalue weighted by Crippen LogP contribution is 2.47. The van der Waals surface area contributed by atoms with Crippen molar-refractivity contribution in [3.63, 3.8) is 0 Å². The van der Waals surface area contributed by atoms with Crippen molar-refractivity contribution in [3.05, 3.63) is 50.8 Å². The third-order valence-electron chi connectivity index (χ3n) is 8.24. The lowest BCUT2D eigenvalue weighted by Crippen LogP contribution is -2.44. The Hall–Kier alpha value is -3.39. The maximum absolute atomic E-state index is 13.6. The molecule has 5 heterocycles. The van der Waals surface area contributed by atoms with Crippen molar-refractivity contribution in [1.29, 1.82) is 0 Å². The summed E-state index contributed by atoms with van der Waals surface area (Å²) in [6, 6.07) is 5.74. The Bertz CT molecular complexity index is 1490. The second-order valence-corrected chi connectivity index (χ2v) is 10.0. The van der Waals surface area contributed by atoms with Crippen LogP contribution in [-0.2, 0) is 28.3 Å². The van der Waals surface area contributed by atoms with Crippen molar-refractivity contribution in [3.8, 4) is 22.9 Å². The van der Waals surface area contributed by atoms with E-state index in [4.69, 9.17) is 19.2 Å². The van der Waals surface area contributed by atoms with Gasteiger partial charge in [0.15, 0.2) is 17.1 Å². The number of aliphatic hydroxyl groups is 1. The lowest BCUT2D eigenvalue weighted by Gasteiger charge is -2.31. The summed E-state index contributed by atoms with van der Waals surface area (Å²) in [6.45, 7) is 2.20. The molecule has 2 aromatic heterocycles. The van der Waals surface area contributed by atoms with E-state index in [1.165, 1.54) is 24.8 Å². The summed E-state index contributed by atoms with van der Waals surface area (Å²) in [5.74, 6) is 1.06. The normalized spacial score (nSPS) is 22.6. The SMILES string of the molecule is CC[C@@]1(O)C(=O)OCc2c1cc1n(c2=O)Cc2c-1nc1cc3c(cc1c2C1CCCCC1)OCO3. The number of benzene rings is 1. The first-order valence-corrected chi connectivity index (χ1v) is 12.4. The van der Waals surface area contributed by atoms with E-state index in [-0.39, 0.29) is 25.4 Å². The van der Waals surface area contributed by atoms with Crippen molar-refractivity contribution in [2.24, 2.45) is 0 Å². The molecule has 3 aromatic rings. The summed E-state index contributed by atoms with van der Waals surface area (Å²) in [5, 5.41) is 12.2. The molecule has 0 bridgehead atoms. The Labute approximate surface area is 201 Å². The van der Waals surface area contributed by atoms with Crippen molar-refractivity contribution < 1.29 is 24.1 Å². The van der Waals surface area contributed by atoms with Gasteiger partial charge >= 0.3 is 5.97 Å². The molecule has 35 heavy (non-hydrogen) atoms. The molecule has 1 N–H and O–H groups in total. The van der Waals surface area contributed by atoms with Crippen molar-refractivity contribution in [1.82, 2.24) is 9.55 Å². The lowest BCUT2D eigenvalue weighted by molar-refractivity contribution is -0.172. The molecule has 1 aliphatic carbocycles. The molecule has 0 unspecified atom stereocenters. The minimum Gasteiger partial charge on any atom is -0.458 e. The molecular weight excluding hydrogens is 448 g/mol. The van der Waals surface area contributed by atoms with Gasteiger partial charge in [-0.05, 0) is 42.9 Å². The first kappa shape index (κ1) is 20.9. The first-order valence-electron chi connectivity index (χ1n) is 12.4. The molecule has 0 saturated heterocycles. The predicted molar refractivity (Wildman–Crippen MR) is 126 cm³/mol. The number of carbonyl (C=O) groups excluding carboxylic acids is 1. The Balaban J connectivity index is 1.51. The Morgan fingerprint density at radius 3 is 2.60 bits per heavy atom. The van der Waals surface area contributed by atoms with Gasteiger partial charge in [-0.1, -0.05) is 26.2 Å². The van der Waals surface area contributed by atoms with Crippen LogP contribution < -0.4 is 15.0 Å². The zero-order valence-electron chi connectivity index (χ0n) is 19.6. The van der Waals surface area contributed by atoms with Crippen LogP contribution in [0.4, 0.5) is 0 Å². The van der Waals surface area contributed by atoms with Crippen LogP contribution in [0.3, 0.4) is 0 Å². The summed E-state index contributed by atoms with van der Waals surface area (Å²) in [5.41, 5.74) is 3.09. The minimum atomic E-state index is -1.83. The van der Waals surface area contributed by atoms with Crippen LogP contribution in [0.2, 0.25) is 0 Å². The zero-order chi connectivity index (χ0) is 23.9. The third-order valence-corrected chi connectivity index (χ3v) is 8.24. The number of rotatable bonds is 2. The van der Waals surface area contributed by atoms with Gasteiger partial charge in [-0.25, -0.2) is 9.78 Å². The van der Waals surface area contributed by atoms with Crippen LogP contribution >= 0.6 is 0 Å². The number of hydrogen-bond donors (Lipinski definition) is 1. The summed E-state index contributed by atoms with van der Waals surface area (Å²) in [4.78, 5) is 31.1. The summed E-state index contributed by atoms with van der Waals surface area (Å²) in [6.07, 6.45) is 5.91. The molecule has 1 aromatic carbocycles. The van der Waals surface area contributed by atoms with E-state index in [1.54, 1.807) is 17.6 Å². The number of aromatic nitrogens is 2. The van der Waals surface area contributed by atoms with E-state index >= 15 is 0 Å². The maximum atomic E-state index is 13.6. The summed E-state index contributed by atoms with van der Waals surface area (Å²) < 4.78 is 18.2. The molecular formula is C27H26N2O6. The molecule has 180 valence electrons. The number of fused-ring (bicyclic) bond motifs is 6. The predicted octanol–water partition coefficient (Wildman–Crippen LogP) is 3.86. The smallest absolute Gasteiger partial charge is 0.343 e. The highest BCUT2D eigenvalue weighted by molar-refractivity contribution is 5.91. The molecule has 0 radical (unpaired) electrons. The fourth-order valence-electron chi connectivity index (χ4n) is 6.36. The third kappa shape index (κ3) is 2.80. The zero-order valence-corrected chi connectivity index (χ0v) is 19.6. The maximum Gasteiger partial charge on any atom is 0.343 e. The summed E-state index contributed by atoms with van der Waals surface area (Å²) >= 11 is 0. The first-order chi connectivity index (χ1) is 17.0. The van der Waals surface area contributed by atoms with Crippen LogP contribution in [0.5, 0.6) is 11.5 Å². The molecule has 7 rings (SSSR count). The van der Waals surface area contributed by atoms with Gasteiger partial charge in [0.25, 0.3) is 5.56 Å². The Morgan fingerprint density at radius 2 is 1.83 bits per heavy atom. The van der Waals surface area contributed by atoms with Crippen LogP contribution in [0, 0.1) is 0 Å². The summed E-state index contributed by atoms with van der Waals surface area (Å²) in [7, 11) is 0. The number of pyridine rings is 2. The molecule has 1 atom stereocenters. The quantitative estimate of drug-likeness (QED) is 0.441. The van der Waals surface area contributed by atoms with E-state index in [1.807, 2.05) is 12.1 Å². The van der Waals surface area contributed by atoms with Gasteiger partial charge in [-0.15, -0.1) is 0 Å². The number of carbonyl (C=O) groups is 1. The van der Waals surface area contributed by atoms with Gasteiger partial charge in [0.2, 0.25) is 6.79 Å². The second kappa shape index (κ2) is 7.31. The second-order valence-electron chi connectivity index (χ2n) is 10.0. The fraction of sp³-hybridized carbons (Fsp3) is 0.444. The van der Waals surface area contributed by atoms with Crippen LogP contribution in [0.1, 0.15) is 73.6 Å². The highest BCUT2D eigenvalue weighted by atomic mass is 16.7.